The highest BCUT2D eigenvalue weighted by atomic mass is 32.1. The number of hydrogen-bond acceptors (Lipinski definition) is 2. The number of nitrogens with one attached hydrogen (secondary N) is 1. The molecule has 1 amide bonds. The molecule has 3 nitrogen and oxygen atoms in total. The van der Waals surface area contributed by atoms with E-state index in [1.54, 1.807) is 0 Å². The Labute approximate surface area is 104 Å². The summed E-state index contributed by atoms with van der Waals surface area (Å²) in [7, 11) is 0. The van der Waals surface area contributed by atoms with E-state index in [0.29, 0.717) is 6.54 Å². The fourth-order valence-electron chi connectivity index (χ4n) is 1.32. The molecule has 3 N–H and O–H groups in total. The third-order valence-electron chi connectivity index (χ3n) is 2.95. The number of carbonyl (C=O) groups excluding carboxylic acids is 1. The largest absolute Gasteiger partial charge is 0.393 e. The standard InChI is InChI=1S/C12H24N2OS/c1-6-12(4,5)7-14-11(15)9(8(2)3)10(13)16/h8-9H,6-7H2,1-5H3,(H2,13,16)(H,14,15). The number of hydrogen-bond donors (Lipinski definition) is 2. The first-order chi connectivity index (χ1) is 7.21. The van der Waals surface area contributed by atoms with Gasteiger partial charge in [-0.3, -0.25) is 4.79 Å². The molecule has 0 saturated carbocycles. The Balaban J connectivity index is 4.39. The molecule has 0 heterocycles. The Morgan fingerprint density at radius 3 is 2.25 bits per heavy atom. The first kappa shape index (κ1) is 15.4. The summed E-state index contributed by atoms with van der Waals surface area (Å²) in [6.45, 7) is 10.9. The first-order valence-electron chi connectivity index (χ1n) is 5.78. The highest BCUT2D eigenvalue weighted by Gasteiger charge is 2.26. The smallest absolute Gasteiger partial charge is 0.230 e. The summed E-state index contributed by atoms with van der Waals surface area (Å²) >= 11 is 4.92. The van der Waals surface area contributed by atoms with E-state index >= 15 is 0 Å². The molecule has 94 valence electrons. The van der Waals surface area contributed by atoms with Crippen LogP contribution in [0.25, 0.3) is 0 Å². The van der Waals surface area contributed by atoms with Gasteiger partial charge in [0, 0.05) is 6.54 Å². The predicted octanol–water partition coefficient (Wildman–Crippen LogP) is 2.10. The molecule has 1 atom stereocenters. The van der Waals surface area contributed by atoms with Crippen molar-refractivity contribution in [3.8, 4) is 0 Å². The van der Waals surface area contributed by atoms with Crippen LogP contribution >= 0.6 is 12.2 Å². The zero-order chi connectivity index (χ0) is 12.9. The average molecular weight is 244 g/mol. The Morgan fingerprint density at radius 2 is 1.94 bits per heavy atom. The van der Waals surface area contributed by atoms with Crippen molar-refractivity contribution >= 4 is 23.1 Å². The Kier molecular flexibility index (Phi) is 5.94. The third kappa shape index (κ3) is 4.92. The minimum atomic E-state index is -0.359. The van der Waals surface area contributed by atoms with Gasteiger partial charge in [-0.15, -0.1) is 0 Å². The summed E-state index contributed by atoms with van der Waals surface area (Å²) in [5.41, 5.74) is 5.70. The maximum absolute atomic E-state index is 11.9. The van der Waals surface area contributed by atoms with Gasteiger partial charge in [0.2, 0.25) is 5.91 Å². The van der Waals surface area contributed by atoms with Crippen molar-refractivity contribution in [1.29, 1.82) is 0 Å². The first-order valence-corrected chi connectivity index (χ1v) is 6.19. The lowest BCUT2D eigenvalue weighted by Gasteiger charge is -2.25. The van der Waals surface area contributed by atoms with Gasteiger partial charge in [-0.25, -0.2) is 0 Å². The van der Waals surface area contributed by atoms with Crippen LogP contribution in [-0.2, 0) is 4.79 Å². The van der Waals surface area contributed by atoms with Crippen molar-refractivity contribution < 1.29 is 4.79 Å². The van der Waals surface area contributed by atoms with Crippen LogP contribution in [0, 0.1) is 17.3 Å². The van der Waals surface area contributed by atoms with Crippen LogP contribution in [0.3, 0.4) is 0 Å². The van der Waals surface area contributed by atoms with E-state index in [4.69, 9.17) is 18.0 Å². The van der Waals surface area contributed by atoms with Gasteiger partial charge in [-0.05, 0) is 17.8 Å². The molecule has 0 bridgehead atoms. The molecule has 16 heavy (non-hydrogen) atoms. The van der Waals surface area contributed by atoms with Crippen molar-refractivity contribution in [3.05, 3.63) is 0 Å². The molecule has 0 aliphatic heterocycles. The van der Waals surface area contributed by atoms with E-state index < -0.39 is 0 Å². The van der Waals surface area contributed by atoms with E-state index in [-0.39, 0.29) is 28.1 Å². The molecule has 0 aliphatic carbocycles. The van der Waals surface area contributed by atoms with E-state index in [9.17, 15) is 4.79 Å². The monoisotopic (exact) mass is 244 g/mol. The van der Waals surface area contributed by atoms with Gasteiger partial charge in [0.15, 0.2) is 0 Å². The summed E-state index contributed by atoms with van der Waals surface area (Å²) in [6.07, 6.45) is 1.02. The van der Waals surface area contributed by atoms with Gasteiger partial charge >= 0.3 is 0 Å². The molecule has 0 aromatic carbocycles. The second kappa shape index (κ2) is 6.18. The summed E-state index contributed by atoms with van der Waals surface area (Å²) < 4.78 is 0. The van der Waals surface area contributed by atoms with Gasteiger partial charge in [0.25, 0.3) is 0 Å². The van der Waals surface area contributed by atoms with Crippen molar-refractivity contribution in [2.24, 2.45) is 23.0 Å². The third-order valence-corrected chi connectivity index (χ3v) is 3.21. The fourth-order valence-corrected chi connectivity index (χ4v) is 1.70. The van der Waals surface area contributed by atoms with Gasteiger partial charge in [-0.2, -0.15) is 0 Å². The van der Waals surface area contributed by atoms with Gasteiger partial charge < -0.3 is 11.1 Å². The fraction of sp³-hybridized carbons (Fsp3) is 0.833. The molecular formula is C12H24N2OS. The zero-order valence-electron chi connectivity index (χ0n) is 11.0. The highest BCUT2D eigenvalue weighted by Crippen LogP contribution is 2.18. The normalized spacial score (nSPS) is 13.6. The topological polar surface area (TPSA) is 55.1 Å². The molecule has 0 aromatic rings. The van der Waals surface area contributed by atoms with Crippen molar-refractivity contribution in [2.75, 3.05) is 6.54 Å². The van der Waals surface area contributed by atoms with E-state index in [1.165, 1.54) is 0 Å². The quantitative estimate of drug-likeness (QED) is 0.704. The lowest BCUT2D eigenvalue weighted by atomic mass is 9.89. The maximum Gasteiger partial charge on any atom is 0.230 e. The zero-order valence-corrected chi connectivity index (χ0v) is 11.8. The Morgan fingerprint density at radius 1 is 1.44 bits per heavy atom. The molecule has 0 radical (unpaired) electrons. The van der Waals surface area contributed by atoms with E-state index in [1.807, 2.05) is 13.8 Å². The second-order valence-corrected chi connectivity index (χ2v) is 5.83. The average Bonchev–Trinajstić information content (AvgIpc) is 2.14. The highest BCUT2D eigenvalue weighted by molar-refractivity contribution is 7.80. The molecular weight excluding hydrogens is 220 g/mol. The van der Waals surface area contributed by atoms with Crippen LogP contribution in [0.5, 0.6) is 0 Å². The van der Waals surface area contributed by atoms with Crippen LogP contribution in [-0.4, -0.2) is 17.4 Å². The van der Waals surface area contributed by atoms with Crippen LogP contribution in [0.1, 0.15) is 41.0 Å². The van der Waals surface area contributed by atoms with Crippen LogP contribution in [0.4, 0.5) is 0 Å². The molecule has 0 spiro atoms. The van der Waals surface area contributed by atoms with E-state index in [0.717, 1.165) is 6.42 Å². The number of nitrogens with two attached hydrogens (primary N) is 1. The van der Waals surface area contributed by atoms with Crippen LogP contribution < -0.4 is 11.1 Å². The Bertz CT molecular complexity index is 262. The SMILES string of the molecule is CCC(C)(C)CNC(=O)C(C(N)=S)C(C)C. The summed E-state index contributed by atoms with van der Waals surface area (Å²) in [6, 6.07) is 0. The molecule has 0 saturated heterocycles. The number of thiocarbonyl (C=S) groups is 1. The molecule has 0 fully saturated rings. The second-order valence-electron chi connectivity index (χ2n) is 5.36. The molecule has 1 unspecified atom stereocenters. The van der Waals surface area contributed by atoms with Crippen molar-refractivity contribution in [3.63, 3.8) is 0 Å². The molecule has 0 aromatic heterocycles. The van der Waals surface area contributed by atoms with Gasteiger partial charge in [0.05, 0.1) is 10.9 Å². The van der Waals surface area contributed by atoms with E-state index in [2.05, 4.69) is 26.1 Å². The minimum Gasteiger partial charge on any atom is -0.393 e. The van der Waals surface area contributed by atoms with Gasteiger partial charge in [0.1, 0.15) is 0 Å². The van der Waals surface area contributed by atoms with Crippen molar-refractivity contribution in [1.82, 2.24) is 5.32 Å². The molecule has 4 heteroatoms. The number of carbonyl (C=O) groups is 1. The lowest BCUT2D eigenvalue weighted by molar-refractivity contribution is -0.124. The summed E-state index contributed by atoms with van der Waals surface area (Å²) in [5.74, 6) is -0.270. The molecule has 0 aliphatic rings. The maximum atomic E-state index is 11.9. The van der Waals surface area contributed by atoms with Gasteiger partial charge in [-0.1, -0.05) is 46.8 Å². The van der Waals surface area contributed by atoms with Crippen LogP contribution in [0.2, 0.25) is 0 Å². The summed E-state index contributed by atoms with van der Waals surface area (Å²) in [4.78, 5) is 12.2. The van der Waals surface area contributed by atoms with Crippen molar-refractivity contribution in [2.45, 2.75) is 41.0 Å². The van der Waals surface area contributed by atoms with Crippen LogP contribution in [0.15, 0.2) is 0 Å². The number of rotatable bonds is 6. The number of amides is 1. The Hall–Kier alpha value is -0.640. The lowest BCUT2D eigenvalue weighted by Crippen LogP contribution is -2.43. The predicted molar refractivity (Wildman–Crippen MR) is 72.2 cm³/mol. The summed E-state index contributed by atoms with van der Waals surface area (Å²) in [5, 5.41) is 2.93. The molecule has 0 rings (SSSR count). The minimum absolute atomic E-state index is 0.0518.